The molecule has 3 fully saturated rings. The Morgan fingerprint density at radius 2 is 1.89 bits per heavy atom. The third-order valence-corrected chi connectivity index (χ3v) is 6.92. The predicted molar refractivity (Wildman–Crippen MR) is 74.1 cm³/mol. The van der Waals surface area contributed by atoms with Crippen LogP contribution in [0.1, 0.15) is 53.4 Å². The Morgan fingerprint density at radius 3 is 2.50 bits per heavy atom. The Bertz CT molecular complexity index is 417. The van der Waals surface area contributed by atoms with E-state index in [9.17, 15) is 4.79 Å². The molecule has 1 unspecified atom stereocenters. The highest BCUT2D eigenvalue weighted by Crippen LogP contribution is 2.76. The van der Waals surface area contributed by atoms with Crippen molar-refractivity contribution in [2.24, 2.45) is 34.0 Å². The number of Topliss-reactive ketones (excluding diaryl/α,β-unsaturated/α-hetero) is 1. The fraction of sp³-hybridized carbons (Fsp3) is 0.824. The number of rotatable bonds is 1. The molecule has 0 aromatic carbocycles. The minimum absolute atomic E-state index is 0.173. The van der Waals surface area contributed by atoms with E-state index in [0.29, 0.717) is 29.0 Å². The van der Waals surface area contributed by atoms with Crippen molar-refractivity contribution in [3.05, 3.63) is 12.7 Å². The fourth-order valence-electron chi connectivity index (χ4n) is 5.91. The molecular weight excluding hydrogens is 220 g/mol. The van der Waals surface area contributed by atoms with Gasteiger partial charge >= 0.3 is 0 Å². The summed E-state index contributed by atoms with van der Waals surface area (Å²) in [5.41, 5.74) is 0.747. The minimum Gasteiger partial charge on any atom is -0.299 e. The molecule has 3 saturated carbocycles. The molecule has 2 bridgehead atoms. The van der Waals surface area contributed by atoms with Crippen molar-refractivity contribution in [1.82, 2.24) is 0 Å². The SMILES string of the molecule is C=CC1C[C@]23C[C@H]1C(C)(C)[C@@H]2C(=O)CCC3(C)C. The minimum atomic E-state index is 0.173. The zero-order valence-corrected chi connectivity index (χ0v) is 12.3. The van der Waals surface area contributed by atoms with Gasteiger partial charge in [0.1, 0.15) is 5.78 Å². The number of hydrogen-bond donors (Lipinski definition) is 0. The summed E-state index contributed by atoms with van der Waals surface area (Å²) in [6.45, 7) is 13.5. The Morgan fingerprint density at radius 1 is 1.22 bits per heavy atom. The number of carbonyl (C=O) groups is 1. The van der Waals surface area contributed by atoms with Gasteiger partial charge in [0.2, 0.25) is 0 Å². The molecule has 1 heteroatoms. The summed E-state index contributed by atoms with van der Waals surface area (Å²) < 4.78 is 0. The van der Waals surface area contributed by atoms with Crippen molar-refractivity contribution in [3.63, 3.8) is 0 Å². The van der Waals surface area contributed by atoms with Gasteiger partial charge in [0.05, 0.1) is 0 Å². The van der Waals surface area contributed by atoms with E-state index < -0.39 is 0 Å². The summed E-state index contributed by atoms with van der Waals surface area (Å²) >= 11 is 0. The molecule has 3 rings (SSSR count). The lowest BCUT2D eigenvalue weighted by atomic mass is 9.47. The Hall–Kier alpha value is -0.590. The molecule has 1 spiro atoms. The van der Waals surface area contributed by atoms with Gasteiger partial charge in [-0.05, 0) is 47.3 Å². The van der Waals surface area contributed by atoms with E-state index in [4.69, 9.17) is 0 Å². The fourth-order valence-corrected chi connectivity index (χ4v) is 5.91. The number of fused-ring (bicyclic) bond motifs is 1. The molecule has 4 atom stereocenters. The molecule has 0 radical (unpaired) electrons. The van der Waals surface area contributed by atoms with Crippen LogP contribution in [-0.2, 0) is 4.79 Å². The molecule has 3 aliphatic rings. The third kappa shape index (κ3) is 1.16. The monoisotopic (exact) mass is 246 g/mol. The first kappa shape index (κ1) is 12.4. The first-order chi connectivity index (χ1) is 8.26. The average Bonchev–Trinajstić information content (AvgIpc) is 2.76. The van der Waals surface area contributed by atoms with E-state index in [0.717, 1.165) is 12.8 Å². The lowest BCUT2D eigenvalue weighted by molar-refractivity contribution is -0.148. The Labute approximate surface area is 111 Å². The first-order valence-electron chi connectivity index (χ1n) is 7.41. The molecule has 0 aromatic heterocycles. The van der Waals surface area contributed by atoms with Crippen LogP contribution < -0.4 is 0 Å². The predicted octanol–water partition coefficient (Wildman–Crippen LogP) is 4.23. The smallest absolute Gasteiger partial charge is 0.137 e. The van der Waals surface area contributed by atoms with Crippen molar-refractivity contribution in [1.29, 1.82) is 0 Å². The van der Waals surface area contributed by atoms with Crippen molar-refractivity contribution >= 4 is 5.78 Å². The zero-order valence-electron chi connectivity index (χ0n) is 12.3. The topological polar surface area (TPSA) is 17.1 Å². The van der Waals surface area contributed by atoms with E-state index in [1.807, 2.05) is 0 Å². The third-order valence-electron chi connectivity index (χ3n) is 6.92. The maximum Gasteiger partial charge on any atom is 0.137 e. The highest BCUT2D eigenvalue weighted by atomic mass is 16.1. The van der Waals surface area contributed by atoms with E-state index in [1.54, 1.807) is 0 Å². The lowest BCUT2D eigenvalue weighted by Crippen LogP contribution is -2.53. The van der Waals surface area contributed by atoms with E-state index in [-0.39, 0.29) is 10.8 Å². The second-order valence-electron chi connectivity index (χ2n) is 8.18. The van der Waals surface area contributed by atoms with Gasteiger partial charge in [-0.25, -0.2) is 0 Å². The second kappa shape index (κ2) is 3.29. The summed E-state index contributed by atoms with van der Waals surface area (Å²) in [4.78, 5) is 12.5. The average molecular weight is 246 g/mol. The molecule has 0 aliphatic heterocycles. The second-order valence-corrected chi connectivity index (χ2v) is 8.18. The normalized spacial score (nSPS) is 48.0. The van der Waals surface area contributed by atoms with Gasteiger partial charge < -0.3 is 0 Å². The molecule has 18 heavy (non-hydrogen) atoms. The first-order valence-corrected chi connectivity index (χ1v) is 7.41. The zero-order chi connectivity index (χ0) is 13.3. The van der Waals surface area contributed by atoms with Crippen LogP contribution in [0.5, 0.6) is 0 Å². The van der Waals surface area contributed by atoms with Gasteiger partial charge in [-0.2, -0.15) is 0 Å². The van der Waals surface area contributed by atoms with Crippen LogP contribution in [0.4, 0.5) is 0 Å². The van der Waals surface area contributed by atoms with Crippen LogP contribution >= 0.6 is 0 Å². The molecule has 0 aromatic rings. The molecule has 0 N–H and O–H groups in total. The van der Waals surface area contributed by atoms with Crippen LogP contribution in [0.15, 0.2) is 12.7 Å². The quantitative estimate of drug-likeness (QED) is 0.633. The molecule has 0 saturated heterocycles. The standard InChI is InChI=1S/C17H26O/c1-6-11-9-17-10-12(11)16(4,5)14(17)13(18)7-8-15(17,2)3/h6,11-12,14H,1,7-10H2,2-5H3/t11?,12-,14+,17+/m1/s1. The van der Waals surface area contributed by atoms with Crippen molar-refractivity contribution < 1.29 is 4.79 Å². The van der Waals surface area contributed by atoms with E-state index in [2.05, 4.69) is 40.3 Å². The van der Waals surface area contributed by atoms with Crippen LogP contribution in [0.25, 0.3) is 0 Å². The summed E-state index contributed by atoms with van der Waals surface area (Å²) in [6, 6.07) is 0. The van der Waals surface area contributed by atoms with Crippen LogP contribution in [0.3, 0.4) is 0 Å². The number of allylic oxidation sites excluding steroid dienone is 1. The number of hydrogen-bond acceptors (Lipinski definition) is 1. The van der Waals surface area contributed by atoms with Crippen molar-refractivity contribution in [2.75, 3.05) is 0 Å². The number of carbonyl (C=O) groups excluding carboxylic acids is 1. The molecule has 0 heterocycles. The van der Waals surface area contributed by atoms with Gasteiger partial charge in [-0.15, -0.1) is 6.58 Å². The lowest BCUT2D eigenvalue weighted by Gasteiger charge is -2.55. The summed E-state index contributed by atoms with van der Waals surface area (Å²) in [6.07, 6.45) is 6.49. The molecular formula is C17H26O. The van der Waals surface area contributed by atoms with E-state index >= 15 is 0 Å². The largest absolute Gasteiger partial charge is 0.299 e. The summed E-state index contributed by atoms with van der Waals surface area (Å²) in [5, 5.41) is 0. The van der Waals surface area contributed by atoms with Crippen LogP contribution in [0, 0.1) is 34.0 Å². The van der Waals surface area contributed by atoms with Gasteiger partial charge in [0.15, 0.2) is 0 Å². The highest BCUT2D eigenvalue weighted by Gasteiger charge is 2.71. The van der Waals surface area contributed by atoms with Crippen LogP contribution in [-0.4, -0.2) is 5.78 Å². The van der Waals surface area contributed by atoms with Crippen molar-refractivity contribution in [3.8, 4) is 0 Å². The number of ketones is 1. The van der Waals surface area contributed by atoms with Gasteiger partial charge in [-0.3, -0.25) is 4.79 Å². The maximum atomic E-state index is 12.5. The van der Waals surface area contributed by atoms with E-state index in [1.165, 1.54) is 12.8 Å². The Kier molecular flexibility index (Phi) is 2.28. The Balaban J connectivity index is 2.14. The highest BCUT2D eigenvalue weighted by molar-refractivity contribution is 5.84. The molecule has 0 amide bonds. The van der Waals surface area contributed by atoms with Gasteiger partial charge in [0, 0.05) is 12.3 Å². The molecule has 1 nitrogen and oxygen atoms in total. The summed E-state index contributed by atoms with van der Waals surface area (Å²) in [5.74, 6) is 2.14. The van der Waals surface area contributed by atoms with Crippen LogP contribution in [0.2, 0.25) is 0 Å². The maximum absolute atomic E-state index is 12.5. The van der Waals surface area contributed by atoms with Gasteiger partial charge in [-0.1, -0.05) is 33.8 Å². The summed E-state index contributed by atoms with van der Waals surface area (Å²) in [7, 11) is 0. The van der Waals surface area contributed by atoms with Gasteiger partial charge in [0.25, 0.3) is 0 Å². The molecule has 100 valence electrons. The molecule has 3 aliphatic carbocycles. The van der Waals surface area contributed by atoms with Crippen molar-refractivity contribution in [2.45, 2.75) is 53.4 Å².